The van der Waals surface area contributed by atoms with E-state index in [0.29, 0.717) is 12.3 Å². The van der Waals surface area contributed by atoms with Gasteiger partial charge in [0, 0.05) is 13.0 Å². The van der Waals surface area contributed by atoms with Crippen LogP contribution in [0.15, 0.2) is 0 Å². The first-order chi connectivity index (χ1) is 9.67. The molecule has 0 saturated heterocycles. The summed E-state index contributed by atoms with van der Waals surface area (Å²) >= 11 is 6.43. The highest BCUT2D eigenvalue weighted by atomic mass is 35.5. The van der Waals surface area contributed by atoms with E-state index >= 15 is 0 Å². The number of aliphatic hydroxyl groups is 1. The fourth-order valence-electron chi connectivity index (χ4n) is 3.27. The van der Waals surface area contributed by atoms with Crippen LogP contribution in [0.3, 0.4) is 0 Å². The van der Waals surface area contributed by atoms with E-state index in [4.69, 9.17) is 11.6 Å². The number of hydrogen-bond acceptors (Lipinski definition) is 2. The molecule has 20 heavy (non-hydrogen) atoms. The zero-order valence-electron chi connectivity index (χ0n) is 12.7. The molecule has 0 amide bonds. The van der Waals surface area contributed by atoms with Crippen LogP contribution in [0.2, 0.25) is 5.02 Å². The van der Waals surface area contributed by atoms with E-state index < -0.39 is 0 Å². The largest absolute Gasteiger partial charge is 0.392 e. The molecule has 1 aliphatic rings. The van der Waals surface area contributed by atoms with Gasteiger partial charge in [0.2, 0.25) is 0 Å². The molecule has 4 heteroatoms. The van der Waals surface area contributed by atoms with E-state index in [2.05, 4.69) is 18.9 Å². The normalized spacial score (nSPS) is 19.0. The Morgan fingerprint density at radius 3 is 2.45 bits per heavy atom. The summed E-state index contributed by atoms with van der Waals surface area (Å²) in [5.41, 5.74) is 1.97. The second-order valence-electron chi connectivity index (χ2n) is 5.90. The number of rotatable bonds is 5. The molecule has 0 aliphatic heterocycles. The smallest absolute Gasteiger partial charge is 0.0850 e. The van der Waals surface area contributed by atoms with Crippen LogP contribution in [-0.4, -0.2) is 21.0 Å². The van der Waals surface area contributed by atoms with Gasteiger partial charge in [0.25, 0.3) is 0 Å². The first-order valence-electron chi connectivity index (χ1n) is 8.09. The maximum atomic E-state index is 10.6. The van der Waals surface area contributed by atoms with Crippen LogP contribution in [0.1, 0.15) is 63.8 Å². The quantitative estimate of drug-likeness (QED) is 0.835. The maximum Gasteiger partial charge on any atom is 0.0850 e. The van der Waals surface area contributed by atoms with Crippen molar-refractivity contribution in [3.63, 3.8) is 0 Å². The van der Waals surface area contributed by atoms with E-state index in [1.165, 1.54) is 25.7 Å². The maximum absolute atomic E-state index is 10.6. The molecule has 1 aromatic rings. The number of hydrogen-bond donors (Lipinski definition) is 1. The average molecular weight is 299 g/mol. The Morgan fingerprint density at radius 1 is 1.25 bits per heavy atom. The molecule has 0 bridgehead atoms. The fraction of sp³-hybridized carbons (Fsp3) is 0.812. The first-order valence-corrected chi connectivity index (χ1v) is 8.47. The van der Waals surface area contributed by atoms with Gasteiger partial charge in [0.1, 0.15) is 0 Å². The van der Waals surface area contributed by atoms with E-state index in [-0.39, 0.29) is 6.10 Å². The third-order valence-corrected chi connectivity index (χ3v) is 4.98. The number of halogens is 1. The van der Waals surface area contributed by atoms with E-state index in [9.17, 15) is 5.11 Å². The second-order valence-corrected chi connectivity index (χ2v) is 6.28. The van der Waals surface area contributed by atoms with Crippen LogP contribution in [0.25, 0.3) is 0 Å². The van der Waals surface area contributed by atoms with Gasteiger partial charge in [0.15, 0.2) is 0 Å². The Hall–Kier alpha value is -0.540. The first kappa shape index (κ1) is 15.8. The summed E-state index contributed by atoms with van der Waals surface area (Å²) in [6, 6.07) is 0. The van der Waals surface area contributed by atoms with Gasteiger partial charge in [-0.25, -0.2) is 0 Å². The van der Waals surface area contributed by atoms with Gasteiger partial charge in [-0.2, -0.15) is 5.10 Å². The Morgan fingerprint density at radius 2 is 1.90 bits per heavy atom. The molecule has 0 radical (unpaired) electrons. The minimum atomic E-state index is -0.280. The Bertz CT molecular complexity index is 422. The lowest BCUT2D eigenvalue weighted by atomic mass is 9.91. The topological polar surface area (TPSA) is 38.0 Å². The predicted octanol–water partition coefficient (Wildman–Crippen LogP) is 3.99. The lowest BCUT2D eigenvalue weighted by molar-refractivity contribution is 0.0966. The van der Waals surface area contributed by atoms with Crippen molar-refractivity contribution in [2.45, 2.75) is 77.9 Å². The van der Waals surface area contributed by atoms with Crippen LogP contribution in [0.4, 0.5) is 0 Å². The van der Waals surface area contributed by atoms with Crippen LogP contribution < -0.4 is 0 Å². The van der Waals surface area contributed by atoms with Crippen LogP contribution >= 0.6 is 11.6 Å². The second kappa shape index (κ2) is 7.46. The molecule has 1 unspecified atom stereocenters. The highest BCUT2D eigenvalue weighted by Gasteiger charge is 2.24. The van der Waals surface area contributed by atoms with Crippen LogP contribution in [0.5, 0.6) is 0 Å². The molecule has 1 atom stereocenters. The summed E-state index contributed by atoms with van der Waals surface area (Å²) in [5.74, 6) is 0.429. The standard InChI is InChI=1S/C16H27ClN2O/c1-3-13-16(17)14(19(4-2)18-13)11-15(20)12-9-7-5-6-8-10-12/h12,15,20H,3-11H2,1-2H3. The summed E-state index contributed by atoms with van der Waals surface area (Å²) in [7, 11) is 0. The summed E-state index contributed by atoms with van der Waals surface area (Å²) in [6.07, 6.45) is 8.65. The van der Waals surface area contributed by atoms with E-state index in [1.54, 1.807) is 0 Å². The monoisotopic (exact) mass is 298 g/mol. The number of aromatic nitrogens is 2. The molecular formula is C16H27ClN2O. The van der Waals surface area contributed by atoms with E-state index in [0.717, 1.165) is 42.2 Å². The van der Waals surface area contributed by atoms with Crippen molar-refractivity contribution in [2.75, 3.05) is 0 Å². The highest BCUT2D eigenvalue weighted by Crippen LogP contribution is 2.29. The number of aryl methyl sites for hydroxylation is 2. The van der Waals surface area contributed by atoms with Crippen molar-refractivity contribution >= 4 is 11.6 Å². The zero-order valence-corrected chi connectivity index (χ0v) is 13.5. The Kier molecular flexibility index (Phi) is 5.91. The predicted molar refractivity (Wildman–Crippen MR) is 83.2 cm³/mol. The van der Waals surface area contributed by atoms with Gasteiger partial charge in [-0.05, 0) is 32.1 Å². The van der Waals surface area contributed by atoms with Gasteiger partial charge in [-0.3, -0.25) is 4.68 Å². The molecular weight excluding hydrogens is 272 g/mol. The number of aliphatic hydroxyl groups excluding tert-OH is 1. The molecule has 3 nitrogen and oxygen atoms in total. The van der Waals surface area contributed by atoms with Crippen LogP contribution in [-0.2, 0) is 19.4 Å². The molecule has 114 valence electrons. The summed E-state index contributed by atoms with van der Waals surface area (Å²) in [5, 5.41) is 15.9. The van der Waals surface area contributed by atoms with Crippen molar-refractivity contribution in [3.8, 4) is 0 Å². The summed E-state index contributed by atoms with van der Waals surface area (Å²) in [4.78, 5) is 0. The SMILES string of the molecule is CCc1nn(CC)c(CC(O)C2CCCCCC2)c1Cl. The molecule has 1 fully saturated rings. The summed E-state index contributed by atoms with van der Waals surface area (Å²) < 4.78 is 1.96. The van der Waals surface area contributed by atoms with Crippen molar-refractivity contribution < 1.29 is 5.11 Å². The summed E-state index contributed by atoms with van der Waals surface area (Å²) in [6.45, 7) is 4.95. The highest BCUT2D eigenvalue weighted by molar-refractivity contribution is 6.31. The van der Waals surface area contributed by atoms with Gasteiger partial charge >= 0.3 is 0 Å². The molecule has 0 spiro atoms. The molecule has 0 aromatic carbocycles. The Labute approximate surface area is 127 Å². The average Bonchev–Trinajstić information content (AvgIpc) is 2.65. The molecule has 1 aliphatic carbocycles. The fourth-order valence-corrected chi connectivity index (χ4v) is 3.62. The van der Waals surface area contributed by atoms with Crippen molar-refractivity contribution in [2.24, 2.45) is 5.92 Å². The lowest BCUT2D eigenvalue weighted by Crippen LogP contribution is -2.24. The lowest BCUT2D eigenvalue weighted by Gasteiger charge is -2.21. The van der Waals surface area contributed by atoms with Crippen molar-refractivity contribution in [1.82, 2.24) is 9.78 Å². The van der Waals surface area contributed by atoms with Crippen LogP contribution in [0, 0.1) is 5.92 Å². The minimum Gasteiger partial charge on any atom is -0.392 e. The molecule has 1 heterocycles. The Balaban J connectivity index is 2.09. The van der Waals surface area contributed by atoms with Gasteiger partial charge in [0.05, 0.1) is 22.5 Å². The third kappa shape index (κ3) is 3.56. The molecule has 1 saturated carbocycles. The molecule has 2 rings (SSSR count). The van der Waals surface area contributed by atoms with Crippen molar-refractivity contribution in [3.05, 3.63) is 16.4 Å². The minimum absolute atomic E-state index is 0.280. The van der Waals surface area contributed by atoms with E-state index in [1.807, 2.05) is 4.68 Å². The van der Waals surface area contributed by atoms with Gasteiger partial charge in [-0.1, -0.05) is 44.2 Å². The third-order valence-electron chi connectivity index (χ3n) is 4.54. The molecule has 1 N–H and O–H groups in total. The molecule has 1 aromatic heterocycles. The zero-order chi connectivity index (χ0) is 14.5. The number of nitrogens with zero attached hydrogens (tertiary/aromatic N) is 2. The van der Waals surface area contributed by atoms with Gasteiger partial charge in [-0.15, -0.1) is 0 Å². The van der Waals surface area contributed by atoms with Crippen molar-refractivity contribution in [1.29, 1.82) is 0 Å². The van der Waals surface area contributed by atoms with Gasteiger partial charge < -0.3 is 5.11 Å².